The van der Waals surface area contributed by atoms with Crippen molar-refractivity contribution in [3.63, 3.8) is 0 Å². The third-order valence-electron chi connectivity index (χ3n) is 3.65. The first-order valence-electron chi connectivity index (χ1n) is 7.55. The summed E-state index contributed by atoms with van der Waals surface area (Å²) in [4.78, 5) is 18.0. The lowest BCUT2D eigenvalue weighted by molar-refractivity contribution is -0.120. The summed E-state index contributed by atoms with van der Waals surface area (Å²) in [7, 11) is 0. The van der Waals surface area contributed by atoms with Gasteiger partial charge in [-0.1, -0.05) is 51.1 Å². The quantitative estimate of drug-likeness (QED) is 0.837. The zero-order valence-corrected chi connectivity index (χ0v) is 13.7. The number of carbonyl (C=O) groups is 1. The van der Waals surface area contributed by atoms with E-state index in [4.69, 9.17) is 0 Å². The Bertz CT molecular complexity index is 588. The molecule has 0 spiro atoms. The molecule has 1 amide bonds. The highest BCUT2D eigenvalue weighted by Crippen LogP contribution is 2.31. The van der Waals surface area contributed by atoms with Gasteiger partial charge in [-0.2, -0.15) is 0 Å². The number of carbonyl (C=O) groups excluding carboxylic acids is 1. The summed E-state index contributed by atoms with van der Waals surface area (Å²) in [6, 6.07) is 10.1. The predicted octanol–water partition coefficient (Wildman–Crippen LogP) is 4.75. The van der Waals surface area contributed by atoms with Crippen LogP contribution in [0.3, 0.4) is 0 Å². The molecule has 4 heteroatoms. The third kappa shape index (κ3) is 3.70. The Kier molecular flexibility index (Phi) is 5.51. The third-order valence-corrected chi connectivity index (χ3v) is 4.77. The summed E-state index contributed by atoms with van der Waals surface area (Å²) in [5, 5.41) is 3.69. The van der Waals surface area contributed by atoms with Crippen LogP contribution in [0.2, 0.25) is 0 Å². The highest BCUT2D eigenvalue weighted by Gasteiger charge is 2.17. The largest absolute Gasteiger partial charge is 0.302 e. The SMILES string of the molecule is CCc1sc(NC(=O)C(CC)CC)nc1-c1ccccc1. The van der Waals surface area contributed by atoms with Crippen molar-refractivity contribution in [3.8, 4) is 11.3 Å². The smallest absolute Gasteiger partial charge is 0.229 e. The number of amides is 1. The molecule has 1 N–H and O–H groups in total. The summed E-state index contributed by atoms with van der Waals surface area (Å²) < 4.78 is 0. The maximum atomic E-state index is 12.2. The van der Waals surface area contributed by atoms with Gasteiger partial charge in [0.2, 0.25) is 5.91 Å². The number of aromatic nitrogens is 1. The number of anilines is 1. The fraction of sp³-hybridized carbons (Fsp3) is 0.412. The topological polar surface area (TPSA) is 42.0 Å². The minimum atomic E-state index is 0.0687. The van der Waals surface area contributed by atoms with Crippen LogP contribution in [0.4, 0.5) is 5.13 Å². The Morgan fingerprint density at radius 1 is 1.19 bits per heavy atom. The minimum absolute atomic E-state index is 0.0687. The molecule has 3 nitrogen and oxygen atoms in total. The van der Waals surface area contributed by atoms with Crippen molar-refractivity contribution in [3.05, 3.63) is 35.2 Å². The maximum Gasteiger partial charge on any atom is 0.229 e. The van der Waals surface area contributed by atoms with Crippen molar-refractivity contribution in [2.45, 2.75) is 40.0 Å². The van der Waals surface area contributed by atoms with Gasteiger partial charge in [0.15, 0.2) is 5.13 Å². The molecule has 112 valence electrons. The zero-order valence-electron chi connectivity index (χ0n) is 12.8. The number of benzene rings is 1. The number of hydrogen-bond acceptors (Lipinski definition) is 3. The number of rotatable bonds is 6. The highest BCUT2D eigenvalue weighted by molar-refractivity contribution is 7.16. The molecule has 0 aliphatic heterocycles. The van der Waals surface area contributed by atoms with E-state index in [2.05, 4.69) is 29.4 Å². The number of nitrogens with zero attached hydrogens (tertiary/aromatic N) is 1. The molecular formula is C17H22N2OS. The Morgan fingerprint density at radius 2 is 1.86 bits per heavy atom. The molecular weight excluding hydrogens is 280 g/mol. The fourth-order valence-electron chi connectivity index (χ4n) is 2.33. The van der Waals surface area contributed by atoms with Gasteiger partial charge in [0.1, 0.15) is 0 Å². The molecule has 0 aliphatic rings. The van der Waals surface area contributed by atoms with Crippen LogP contribution < -0.4 is 5.32 Å². The van der Waals surface area contributed by atoms with Gasteiger partial charge in [-0.3, -0.25) is 4.79 Å². The van der Waals surface area contributed by atoms with E-state index in [0.717, 1.165) is 30.5 Å². The van der Waals surface area contributed by atoms with Crippen molar-refractivity contribution in [2.75, 3.05) is 5.32 Å². The number of hydrogen-bond donors (Lipinski definition) is 1. The zero-order chi connectivity index (χ0) is 15.2. The molecule has 1 heterocycles. The first-order valence-corrected chi connectivity index (χ1v) is 8.37. The van der Waals surface area contributed by atoms with Crippen LogP contribution in [0.1, 0.15) is 38.5 Å². The second kappa shape index (κ2) is 7.36. The summed E-state index contributed by atoms with van der Waals surface area (Å²) in [6.45, 7) is 6.21. The Morgan fingerprint density at radius 3 is 2.43 bits per heavy atom. The Labute approximate surface area is 130 Å². The number of nitrogens with one attached hydrogen (secondary N) is 1. The summed E-state index contributed by atoms with van der Waals surface area (Å²) >= 11 is 1.58. The summed E-state index contributed by atoms with van der Waals surface area (Å²) in [5.74, 6) is 0.148. The molecule has 1 aromatic carbocycles. The lowest BCUT2D eigenvalue weighted by Crippen LogP contribution is -2.21. The van der Waals surface area contributed by atoms with E-state index in [0.29, 0.717) is 5.13 Å². The van der Waals surface area contributed by atoms with E-state index < -0.39 is 0 Å². The van der Waals surface area contributed by atoms with E-state index in [1.165, 1.54) is 4.88 Å². The number of thiazole rings is 1. The van der Waals surface area contributed by atoms with E-state index in [1.807, 2.05) is 32.0 Å². The van der Waals surface area contributed by atoms with E-state index >= 15 is 0 Å². The van der Waals surface area contributed by atoms with Gasteiger partial charge in [-0.05, 0) is 19.3 Å². The van der Waals surface area contributed by atoms with Crippen molar-refractivity contribution in [1.82, 2.24) is 4.98 Å². The van der Waals surface area contributed by atoms with Crippen molar-refractivity contribution < 1.29 is 4.79 Å². The first-order chi connectivity index (χ1) is 10.2. The lowest BCUT2D eigenvalue weighted by atomic mass is 10.0. The molecule has 0 aliphatic carbocycles. The maximum absolute atomic E-state index is 12.2. The van der Waals surface area contributed by atoms with Crippen LogP contribution in [0, 0.1) is 5.92 Å². The van der Waals surface area contributed by atoms with Crippen molar-refractivity contribution >= 4 is 22.4 Å². The van der Waals surface area contributed by atoms with E-state index in [9.17, 15) is 4.79 Å². The van der Waals surface area contributed by atoms with Gasteiger partial charge < -0.3 is 5.32 Å². The van der Waals surface area contributed by atoms with Gasteiger partial charge in [0, 0.05) is 16.4 Å². The van der Waals surface area contributed by atoms with Crippen LogP contribution in [0.25, 0.3) is 11.3 Å². The molecule has 0 bridgehead atoms. The molecule has 0 saturated carbocycles. The second-order valence-corrected chi connectivity index (χ2v) is 6.10. The molecule has 0 saturated heterocycles. The summed E-state index contributed by atoms with van der Waals surface area (Å²) in [6.07, 6.45) is 2.64. The van der Waals surface area contributed by atoms with Crippen molar-refractivity contribution in [1.29, 1.82) is 0 Å². The van der Waals surface area contributed by atoms with Gasteiger partial charge >= 0.3 is 0 Å². The molecule has 0 atom stereocenters. The average Bonchev–Trinajstić information content (AvgIpc) is 2.92. The van der Waals surface area contributed by atoms with Crippen molar-refractivity contribution in [2.24, 2.45) is 5.92 Å². The Balaban J connectivity index is 2.23. The Hall–Kier alpha value is -1.68. The van der Waals surface area contributed by atoms with Gasteiger partial charge in [-0.15, -0.1) is 11.3 Å². The highest BCUT2D eigenvalue weighted by atomic mass is 32.1. The molecule has 0 fully saturated rings. The molecule has 1 aromatic heterocycles. The molecule has 2 aromatic rings. The average molecular weight is 302 g/mol. The summed E-state index contributed by atoms with van der Waals surface area (Å²) in [5.41, 5.74) is 2.09. The van der Waals surface area contributed by atoms with Crippen LogP contribution >= 0.6 is 11.3 Å². The fourth-order valence-corrected chi connectivity index (χ4v) is 3.26. The minimum Gasteiger partial charge on any atom is -0.302 e. The molecule has 2 rings (SSSR count). The normalized spacial score (nSPS) is 10.9. The lowest BCUT2D eigenvalue weighted by Gasteiger charge is -2.10. The molecule has 0 radical (unpaired) electrons. The monoisotopic (exact) mass is 302 g/mol. The van der Waals surface area contributed by atoms with Gasteiger partial charge in [0.25, 0.3) is 0 Å². The number of aryl methyl sites for hydroxylation is 1. The standard InChI is InChI=1S/C17H22N2OS/c1-4-12(5-2)16(20)19-17-18-15(14(6-3)21-17)13-10-8-7-9-11-13/h7-12H,4-6H2,1-3H3,(H,18,19,20). The van der Waals surface area contributed by atoms with Crippen LogP contribution in [0.15, 0.2) is 30.3 Å². The molecule has 21 heavy (non-hydrogen) atoms. The van der Waals surface area contributed by atoms with E-state index in [-0.39, 0.29) is 11.8 Å². The van der Waals surface area contributed by atoms with Crippen LogP contribution in [-0.2, 0) is 11.2 Å². The first kappa shape index (κ1) is 15.7. The molecule has 0 unspecified atom stereocenters. The van der Waals surface area contributed by atoms with E-state index in [1.54, 1.807) is 11.3 Å². The predicted molar refractivity (Wildman–Crippen MR) is 89.6 cm³/mol. The van der Waals surface area contributed by atoms with Crippen LogP contribution in [-0.4, -0.2) is 10.9 Å². The van der Waals surface area contributed by atoms with Gasteiger partial charge in [-0.25, -0.2) is 4.98 Å². The van der Waals surface area contributed by atoms with Gasteiger partial charge in [0.05, 0.1) is 5.69 Å². The second-order valence-electron chi connectivity index (χ2n) is 5.01. The van der Waals surface area contributed by atoms with Crippen LogP contribution in [0.5, 0.6) is 0 Å².